The summed E-state index contributed by atoms with van der Waals surface area (Å²) < 4.78 is 23.3. The van der Waals surface area contributed by atoms with Crippen LogP contribution in [0.4, 0.5) is 4.39 Å². The summed E-state index contributed by atoms with van der Waals surface area (Å²) >= 11 is 6.36. The molecule has 0 aliphatic rings. The van der Waals surface area contributed by atoms with Crippen molar-refractivity contribution >= 4 is 24.0 Å². The van der Waals surface area contributed by atoms with Crippen molar-refractivity contribution in [1.29, 1.82) is 0 Å². The average molecular weight is 286 g/mol. The van der Waals surface area contributed by atoms with Crippen molar-refractivity contribution in [3.05, 3.63) is 40.8 Å². The van der Waals surface area contributed by atoms with E-state index in [1.165, 1.54) is 12.1 Å². The highest BCUT2D eigenvalue weighted by molar-refractivity contribution is 7.98. The van der Waals surface area contributed by atoms with Crippen LogP contribution in [0.3, 0.4) is 0 Å². The predicted molar refractivity (Wildman–Crippen MR) is 69.7 cm³/mol. The Morgan fingerprint density at radius 1 is 1.50 bits per heavy atom. The van der Waals surface area contributed by atoms with E-state index in [0.29, 0.717) is 24.0 Å². The molecule has 0 bridgehead atoms. The highest BCUT2D eigenvalue weighted by Crippen LogP contribution is 2.14. The number of thioether (sulfide) groups is 1. The number of nitrogens with zero attached hydrogens (tertiary/aromatic N) is 1. The Balaban J connectivity index is 1.66. The molecule has 1 aromatic heterocycles. The molecule has 0 atom stereocenters. The van der Waals surface area contributed by atoms with Gasteiger partial charge in [-0.1, -0.05) is 6.07 Å². The quantitative estimate of drug-likeness (QED) is 0.653. The molecule has 7 heteroatoms. The maximum atomic E-state index is 12.8. The lowest BCUT2D eigenvalue weighted by molar-refractivity contribution is 0.342. The second-order valence-corrected chi connectivity index (χ2v) is 4.84. The van der Waals surface area contributed by atoms with Crippen LogP contribution in [-0.4, -0.2) is 22.6 Å². The Kier molecular flexibility index (Phi) is 4.77. The number of rotatable bonds is 6. The van der Waals surface area contributed by atoms with Crippen molar-refractivity contribution in [2.24, 2.45) is 0 Å². The molecule has 1 N–H and O–H groups in total. The van der Waals surface area contributed by atoms with Crippen LogP contribution in [0.5, 0.6) is 5.75 Å². The third-order valence-electron chi connectivity index (χ3n) is 2.00. The molecule has 18 heavy (non-hydrogen) atoms. The number of aromatic nitrogens is 2. The van der Waals surface area contributed by atoms with Crippen LogP contribution in [0.15, 0.2) is 28.7 Å². The predicted octanol–water partition coefficient (Wildman–Crippen LogP) is 3.18. The van der Waals surface area contributed by atoms with Crippen molar-refractivity contribution in [2.45, 2.75) is 5.75 Å². The Bertz CT molecular complexity index is 556. The van der Waals surface area contributed by atoms with Gasteiger partial charge in [-0.3, -0.25) is 0 Å². The molecule has 0 radical (unpaired) electrons. The second-order valence-electron chi connectivity index (χ2n) is 3.37. The zero-order valence-electron chi connectivity index (χ0n) is 9.39. The fourth-order valence-corrected chi connectivity index (χ4v) is 2.04. The first-order valence-corrected chi connectivity index (χ1v) is 6.81. The Labute approximate surface area is 113 Å². The van der Waals surface area contributed by atoms with Gasteiger partial charge in [-0.2, -0.15) is 0 Å². The van der Waals surface area contributed by atoms with E-state index >= 15 is 0 Å². The van der Waals surface area contributed by atoms with Crippen LogP contribution in [-0.2, 0) is 5.75 Å². The first-order valence-electron chi connectivity index (χ1n) is 5.24. The summed E-state index contributed by atoms with van der Waals surface area (Å²) in [5.41, 5.74) is 0. The number of aromatic amines is 1. The van der Waals surface area contributed by atoms with E-state index < -0.39 is 0 Å². The van der Waals surface area contributed by atoms with E-state index in [4.69, 9.17) is 21.4 Å². The summed E-state index contributed by atoms with van der Waals surface area (Å²) in [7, 11) is 0. The van der Waals surface area contributed by atoms with E-state index in [9.17, 15) is 4.39 Å². The fourth-order valence-electron chi connectivity index (χ4n) is 1.26. The van der Waals surface area contributed by atoms with Gasteiger partial charge in [-0.05, 0) is 24.4 Å². The lowest BCUT2D eigenvalue weighted by Gasteiger charge is -2.04. The monoisotopic (exact) mass is 286 g/mol. The molecule has 2 aromatic rings. The minimum absolute atomic E-state index is 0.279. The van der Waals surface area contributed by atoms with Gasteiger partial charge >= 0.3 is 0 Å². The molecule has 0 amide bonds. The molecule has 0 unspecified atom stereocenters. The van der Waals surface area contributed by atoms with Crippen LogP contribution in [0.1, 0.15) is 5.89 Å². The number of benzene rings is 1. The lowest BCUT2D eigenvalue weighted by Crippen LogP contribution is -2.00. The molecule has 1 aromatic carbocycles. The van der Waals surface area contributed by atoms with Crippen LogP contribution in [0, 0.1) is 10.7 Å². The Morgan fingerprint density at radius 2 is 2.39 bits per heavy atom. The number of ether oxygens (including phenoxy) is 1. The first-order chi connectivity index (χ1) is 8.74. The SMILES string of the molecule is Fc1cccc(OCCSCc2n[nH]c(=S)o2)c1. The largest absolute Gasteiger partial charge is 0.493 e. The van der Waals surface area contributed by atoms with Gasteiger partial charge in [0.15, 0.2) is 0 Å². The molecule has 2 rings (SSSR count). The van der Waals surface area contributed by atoms with Gasteiger partial charge in [-0.15, -0.1) is 16.9 Å². The van der Waals surface area contributed by atoms with Crippen molar-refractivity contribution in [2.75, 3.05) is 12.4 Å². The van der Waals surface area contributed by atoms with Crippen LogP contribution in [0.2, 0.25) is 0 Å². The first kappa shape index (κ1) is 13.1. The third-order valence-corrected chi connectivity index (χ3v) is 3.08. The standard InChI is InChI=1S/C11H11FN2O2S2/c12-8-2-1-3-9(6-8)15-4-5-18-7-10-13-14-11(17)16-10/h1-3,6H,4-5,7H2,(H,14,17). The summed E-state index contributed by atoms with van der Waals surface area (Å²) in [5.74, 6) is 2.18. The fraction of sp³-hybridized carbons (Fsp3) is 0.273. The third kappa shape index (κ3) is 4.15. The van der Waals surface area contributed by atoms with Gasteiger partial charge < -0.3 is 9.15 Å². The molecule has 0 saturated heterocycles. The van der Waals surface area contributed by atoms with E-state index in [1.54, 1.807) is 23.9 Å². The zero-order valence-corrected chi connectivity index (χ0v) is 11.0. The number of halogens is 1. The molecule has 96 valence electrons. The van der Waals surface area contributed by atoms with E-state index in [1.807, 2.05) is 0 Å². The average Bonchev–Trinajstić information content (AvgIpc) is 2.75. The second kappa shape index (κ2) is 6.55. The Morgan fingerprint density at radius 3 is 3.11 bits per heavy atom. The lowest BCUT2D eigenvalue weighted by atomic mass is 10.3. The Hall–Kier alpha value is -1.34. The highest BCUT2D eigenvalue weighted by Gasteiger charge is 2.00. The van der Waals surface area contributed by atoms with Gasteiger partial charge in [0.05, 0.1) is 12.4 Å². The maximum Gasteiger partial charge on any atom is 0.284 e. The summed E-state index contributed by atoms with van der Waals surface area (Å²) in [4.78, 5) is 0.279. The van der Waals surface area contributed by atoms with Crippen molar-refractivity contribution in [3.63, 3.8) is 0 Å². The summed E-state index contributed by atoms with van der Waals surface area (Å²) in [6.45, 7) is 0.499. The minimum atomic E-state index is -0.298. The van der Waals surface area contributed by atoms with E-state index in [2.05, 4.69) is 10.2 Å². The van der Waals surface area contributed by atoms with Gasteiger partial charge in [0.1, 0.15) is 11.6 Å². The number of hydrogen-bond acceptors (Lipinski definition) is 5. The van der Waals surface area contributed by atoms with Crippen LogP contribution >= 0.6 is 24.0 Å². The van der Waals surface area contributed by atoms with Gasteiger partial charge in [0.2, 0.25) is 5.89 Å². The topological polar surface area (TPSA) is 51.0 Å². The van der Waals surface area contributed by atoms with E-state index in [0.717, 1.165) is 5.75 Å². The van der Waals surface area contributed by atoms with E-state index in [-0.39, 0.29) is 10.7 Å². The molecule has 4 nitrogen and oxygen atoms in total. The number of hydrogen-bond donors (Lipinski definition) is 1. The van der Waals surface area contributed by atoms with Gasteiger partial charge in [-0.25, -0.2) is 9.49 Å². The number of nitrogens with one attached hydrogen (secondary N) is 1. The molecular formula is C11H11FN2O2S2. The van der Waals surface area contributed by atoms with Gasteiger partial charge in [0.25, 0.3) is 4.84 Å². The summed E-state index contributed by atoms with van der Waals surface area (Å²) in [6, 6.07) is 6.08. The van der Waals surface area contributed by atoms with Crippen LogP contribution < -0.4 is 4.74 Å². The molecule has 0 aliphatic carbocycles. The summed E-state index contributed by atoms with van der Waals surface area (Å²) in [6.07, 6.45) is 0. The molecule has 0 fully saturated rings. The zero-order chi connectivity index (χ0) is 12.8. The normalized spacial score (nSPS) is 10.5. The molecule has 0 aliphatic heterocycles. The minimum Gasteiger partial charge on any atom is -0.493 e. The van der Waals surface area contributed by atoms with Crippen molar-refractivity contribution < 1.29 is 13.5 Å². The smallest absolute Gasteiger partial charge is 0.284 e. The molecule has 0 saturated carbocycles. The maximum absolute atomic E-state index is 12.8. The van der Waals surface area contributed by atoms with Gasteiger partial charge in [0, 0.05) is 11.8 Å². The molecule has 1 heterocycles. The van der Waals surface area contributed by atoms with Crippen molar-refractivity contribution in [3.8, 4) is 5.75 Å². The van der Waals surface area contributed by atoms with Crippen LogP contribution in [0.25, 0.3) is 0 Å². The summed E-state index contributed by atoms with van der Waals surface area (Å²) in [5, 5.41) is 6.43. The molecule has 0 spiro atoms. The molecular weight excluding hydrogens is 275 g/mol. The number of H-pyrrole nitrogens is 1. The van der Waals surface area contributed by atoms with Crippen molar-refractivity contribution in [1.82, 2.24) is 10.2 Å². The highest BCUT2D eigenvalue weighted by atomic mass is 32.2.